The molecule has 3 N–H and O–H groups in total. The molecule has 0 aliphatic heterocycles. The van der Waals surface area contributed by atoms with Gasteiger partial charge in [-0.25, -0.2) is 0 Å². The lowest BCUT2D eigenvalue weighted by atomic mass is 10.1. The standard InChI is InChI=1S/C13H20N2O4S/c1-4-20(17)6-5-15-13(16)10-7-9(18-2)8-11(19-3)12(10)14/h7-8H,4-6,14H2,1-3H3,(H,15,16). The summed E-state index contributed by atoms with van der Waals surface area (Å²) in [5.74, 6) is 1.52. The molecule has 1 amide bonds. The number of nitrogens with one attached hydrogen (secondary N) is 1. The van der Waals surface area contributed by atoms with Gasteiger partial charge in [-0.15, -0.1) is 0 Å². The Bertz CT molecular complexity index is 505. The first kappa shape index (κ1) is 16.3. The molecule has 0 saturated heterocycles. The second kappa shape index (κ2) is 7.74. The molecule has 0 radical (unpaired) electrons. The smallest absolute Gasteiger partial charge is 0.253 e. The maximum Gasteiger partial charge on any atom is 0.253 e. The van der Waals surface area contributed by atoms with Crippen molar-refractivity contribution in [1.82, 2.24) is 5.32 Å². The van der Waals surface area contributed by atoms with Gasteiger partial charge in [0.25, 0.3) is 5.91 Å². The Kier molecular flexibility index (Phi) is 6.30. The number of amides is 1. The Hall–Kier alpha value is -1.76. The zero-order chi connectivity index (χ0) is 15.1. The minimum atomic E-state index is -0.913. The van der Waals surface area contributed by atoms with Gasteiger partial charge in [-0.1, -0.05) is 6.92 Å². The molecule has 7 heteroatoms. The van der Waals surface area contributed by atoms with Crippen LogP contribution in [-0.2, 0) is 10.8 Å². The number of nitrogens with two attached hydrogens (primary N) is 1. The minimum absolute atomic E-state index is 0.252. The maximum atomic E-state index is 12.1. The van der Waals surface area contributed by atoms with Crippen molar-refractivity contribution in [3.8, 4) is 11.5 Å². The molecular formula is C13H20N2O4S. The van der Waals surface area contributed by atoms with Crippen molar-refractivity contribution >= 4 is 22.4 Å². The van der Waals surface area contributed by atoms with Crippen molar-refractivity contribution in [2.45, 2.75) is 6.92 Å². The van der Waals surface area contributed by atoms with E-state index in [-0.39, 0.29) is 17.2 Å². The fourth-order valence-electron chi connectivity index (χ4n) is 1.59. The number of carbonyl (C=O) groups is 1. The fourth-order valence-corrected chi connectivity index (χ4v) is 2.21. The molecule has 0 aromatic heterocycles. The molecule has 0 spiro atoms. The lowest BCUT2D eigenvalue weighted by Crippen LogP contribution is -2.28. The third kappa shape index (κ3) is 4.12. The number of ether oxygens (including phenoxy) is 2. The molecule has 0 aliphatic carbocycles. The molecule has 0 saturated carbocycles. The summed E-state index contributed by atoms with van der Waals surface area (Å²) in [7, 11) is 2.05. The van der Waals surface area contributed by atoms with Crippen molar-refractivity contribution in [2.24, 2.45) is 0 Å². The molecule has 1 unspecified atom stereocenters. The van der Waals surface area contributed by atoms with Crippen LogP contribution in [0.3, 0.4) is 0 Å². The Balaban J connectivity index is 2.84. The predicted octanol–water partition coefficient (Wildman–Crippen LogP) is 0.784. The Morgan fingerprint density at radius 3 is 2.60 bits per heavy atom. The van der Waals surface area contributed by atoms with Gasteiger partial charge in [-0.2, -0.15) is 0 Å². The summed E-state index contributed by atoms with van der Waals surface area (Å²) in [5, 5.41) is 2.68. The van der Waals surface area contributed by atoms with Crippen molar-refractivity contribution in [3.05, 3.63) is 17.7 Å². The molecule has 0 fully saturated rings. The van der Waals surface area contributed by atoms with Crippen LogP contribution in [-0.4, -0.2) is 42.4 Å². The van der Waals surface area contributed by atoms with Gasteiger partial charge >= 0.3 is 0 Å². The lowest BCUT2D eigenvalue weighted by molar-refractivity contribution is 0.0956. The molecular weight excluding hydrogens is 280 g/mol. The van der Waals surface area contributed by atoms with E-state index in [9.17, 15) is 9.00 Å². The van der Waals surface area contributed by atoms with Crippen molar-refractivity contribution in [3.63, 3.8) is 0 Å². The molecule has 1 aromatic carbocycles. The van der Waals surface area contributed by atoms with E-state index in [4.69, 9.17) is 15.2 Å². The highest BCUT2D eigenvalue weighted by atomic mass is 32.2. The fraction of sp³-hybridized carbons (Fsp3) is 0.462. The van der Waals surface area contributed by atoms with Gasteiger partial charge in [0.15, 0.2) is 0 Å². The summed E-state index contributed by atoms with van der Waals surface area (Å²) >= 11 is 0. The van der Waals surface area contributed by atoms with E-state index < -0.39 is 10.8 Å². The highest BCUT2D eigenvalue weighted by molar-refractivity contribution is 7.84. The molecule has 112 valence electrons. The van der Waals surface area contributed by atoms with E-state index in [2.05, 4.69) is 5.32 Å². The zero-order valence-electron chi connectivity index (χ0n) is 11.9. The highest BCUT2D eigenvalue weighted by Crippen LogP contribution is 2.30. The summed E-state index contributed by atoms with van der Waals surface area (Å²) in [4.78, 5) is 12.1. The number of hydrogen-bond acceptors (Lipinski definition) is 5. The molecule has 1 aromatic rings. The molecule has 0 aliphatic rings. The van der Waals surface area contributed by atoms with Crippen LogP contribution < -0.4 is 20.5 Å². The Morgan fingerprint density at radius 1 is 1.35 bits per heavy atom. The SMILES string of the molecule is CCS(=O)CCNC(=O)c1cc(OC)cc(OC)c1N. The summed E-state index contributed by atoms with van der Waals surface area (Å²) in [6.45, 7) is 2.17. The van der Waals surface area contributed by atoms with E-state index in [1.165, 1.54) is 14.2 Å². The third-order valence-corrected chi connectivity index (χ3v) is 4.06. The number of anilines is 1. The van der Waals surface area contributed by atoms with E-state index in [1.54, 1.807) is 12.1 Å². The number of methoxy groups -OCH3 is 2. The van der Waals surface area contributed by atoms with E-state index in [0.29, 0.717) is 29.5 Å². The van der Waals surface area contributed by atoms with E-state index in [1.807, 2.05) is 6.92 Å². The summed E-state index contributed by atoms with van der Waals surface area (Å²) < 4.78 is 21.5. The quantitative estimate of drug-likeness (QED) is 0.726. The molecule has 6 nitrogen and oxygen atoms in total. The molecule has 0 heterocycles. The van der Waals surface area contributed by atoms with Crippen molar-refractivity contribution in [2.75, 3.05) is 38.0 Å². The first-order valence-electron chi connectivity index (χ1n) is 6.18. The average Bonchev–Trinajstić information content (AvgIpc) is 2.47. The average molecular weight is 300 g/mol. The second-order valence-corrected chi connectivity index (χ2v) is 5.84. The number of nitrogen functional groups attached to an aromatic ring is 1. The van der Waals surface area contributed by atoms with Gasteiger partial charge in [0.05, 0.1) is 25.5 Å². The monoisotopic (exact) mass is 300 g/mol. The van der Waals surface area contributed by atoms with Crippen molar-refractivity contribution < 1.29 is 18.5 Å². The van der Waals surface area contributed by atoms with Gasteiger partial charge in [-0.05, 0) is 6.07 Å². The largest absolute Gasteiger partial charge is 0.497 e. The van der Waals surface area contributed by atoms with Crippen LogP contribution in [0.5, 0.6) is 11.5 Å². The van der Waals surface area contributed by atoms with Gasteiger partial charge in [0.1, 0.15) is 11.5 Å². The summed E-state index contributed by atoms with van der Waals surface area (Å²) in [6.07, 6.45) is 0. The van der Waals surface area contributed by atoms with Gasteiger partial charge in [0.2, 0.25) is 0 Å². The molecule has 0 bridgehead atoms. The number of rotatable bonds is 7. The summed E-state index contributed by atoms with van der Waals surface area (Å²) in [6, 6.07) is 3.15. The minimum Gasteiger partial charge on any atom is -0.497 e. The van der Waals surface area contributed by atoms with Crippen LogP contribution in [0.1, 0.15) is 17.3 Å². The maximum absolute atomic E-state index is 12.1. The van der Waals surface area contributed by atoms with Crippen LogP contribution in [0.2, 0.25) is 0 Å². The first-order chi connectivity index (χ1) is 9.53. The molecule has 1 rings (SSSR count). The van der Waals surface area contributed by atoms with Crippen LogP contribution in [0.4, 0.5) is 5.69 Å². The number of carbonyl (C=O) groups excluding carboxylic acids is 1. The normalized spacial score (nSPS) is 11.8. The number of benzene rings is 1. The van der Waals surface area contributed by atoms with Gasteiger partial charge in [0, 0.05) is 34.9 Å². The molecule has 1 atom stereocenters. The lowest BCUT2D eigenvalue weighted by Gasteiger charge is -2.12. The first-order valence-corrected chi connectivity index (χ1v) is 7.66. The Morgan fingerprint density at radius 2 is 2.05 bits per heavy atom. The second-order valence-electron chi connectivity index (χ2n) is 3.98. The third-order valence-electron chi connectivity index (χ3n) is 2.75. The Labute approximate surface area is 121 Å². The highest BCUT2D eigenvalue weighted by Gasteiger charge is 2.15. The topological polar surface area (TPSA) is 90.7 Å². The number of hydrogen-bond donors (Lipinski definition) is 2. The zero-order valence-corrected chi connectivity index (χ0v) is 12.7. The molecule has 20 heavy (non-hydrogen) atoms. The van der Waals surface area contributed by atoms with E-state index in [0.717, 1.165) is 0 Å². The van der Waals surface area contributed by atoms with Gasteiger partial charge in [-0.3, -0.25) is 9.00 Å². The van der Waals surface area contributed by atoms with E-state index >= 15 is 0 Å². The van der Waals surface area contributed by atoms with Crippen LogP contribution in [0.15, 0.2) is 12.1 Å². The predicted molar refractivity (Wildman–Crippen MR) is 79.8 cm³/mol. The van der Waals surface area contributed by atoms with Gasteiger partial charge < -0.3 is 20.5 Å². The summed E-state index contributed by atoms with van der Waals surface area (Å²) in [5.41, 5.74) is 6.41. The van der Waals surface area contributed by atoms with Crippen LogP contribution in [0.25, 0.3) is 0 Å². The van der Waals surface area contributed by atoms with Crippen LogP contribution >= 0.6 is 0 Å². The van der Waals surface area contributed by atoms with Crippen molar-refractivity contribution in [1.29, 1.82) is 0 Å². The van der Waals surface area contributed by atoms with Crippen LogP contribution in [0, 0.1) is 0 Å².